The Morgan fingerprint density at radius 3 is 2.24 bits per heavy atom. The quantitative estimate of drug-likeness (QED) is 0.487. The zero-order chi connectivity index (χ0) is 18.1. The summed E-state index contributed by atoms with van der Waals surface area (Å²) >= 11 is 0. The molecule has 0 aliphatic rings. The molecule has 0 saturated carbocycles. The van der Waals surface area contributed by atoms with Gasteiger partial charge < -0.3 is 18.9 Å². The lowest BCUT2D eigenvalue weighted by atomic mass is 10.1. The van der Waals surface area contributed by atoms with E-state index in [0.717, 1.165) is 17.6 Å². The molecule has 0 atom stereocenters. The molecule has 2 aromatic rings. The van der Waals surface area contributed by atoms with Crippen LogP contribution in [0, 0.1) is 13.8 Å². The molecule has 0 unspecified atom stereocenters. The number of carbonyl (C=O) groups excluding carboxylic acids is 1. The van der Waals surface area contributed by atoms with Gasteiger partial charge in [0.05, 0.1) is 20.3 Å². The van der Waals surface area contributed by atoms with Crippen molar-refractivity contribution >= 4 is 6.29 Å². The number of hydrogen-bond donors (Lipinski definition) is 0. The third kappa shape index (κ3) is 5.80. The van der Waals surface area contributed by atoms with Gasteiger partial charge in [0.15, 0.2) is 11.5 Å². The highest BCUT2D eigenvalue weighted by Crippen LogP contribution is 2.27. The summed E-state index contributed by atoms with van der Waals surface area (Å²) in [5.74, 6) is 2.01. The van der Waals surface area contributed by atoms with Gasteiger partial charge in [-0.05, 0) is 49.2 Å². The number of hydrogen-bond acceptors (Lipinski definition) is 5. The molecule has 0 bridgehead atoms. The first-order valence-corrected chi connectivity index (χ1v) is 8.18. The van der Waals surface area contributed by atoms with Crippen molar-refractivity contribution < 1.29 is 23.7 Å². The molecule has 0 fully saturated rings. The highest BCUT2D eigenvalue weighted by molar-refractivity contribution is 5.76. The van der Waals surface area contributed by atoms with Gasteiger partial charge in [-0.3, -0.25) is 4.79 Å². The van der Waals surface area contributed by atoms with E-state index in [9.17, 15) is 4.79 Å². The van der Waals surface area contributed by atoms with Crippen LogP contribution in [-0.2, 0) is 4.74 Å². The van der Waals surface area contributed by atoms with Gasteiger partial charge in [0, 0.05) is 5.56 Å². The zero-order valence-electron chi connectivity index (χ0n) is 14.9. The number of methoxy groups -OCH3 is 1. The second kappa shape index (κ2) is 9.69. The van der Waals surface area contributed by atoms with Crippen molar-refractivity contribution in [3.63, 3.8) is 0 Å². The molecule has 0 heterocycles. The topological polar surface area (TPSA) is 54.0 Å². The average molecular weight is 344 g/mol. The van der Waals surface area contributed by atoms with Crippen LogP contribution in [0.3, 0.4) is 0 Å². The van der Waals surface area contributed by atoms with Gasteiger partial charge in [-0.1, -0.05) is 12.1 Å². The molecule has 0 spiro atoms. The molecular weight excluding hydrogens is 320 g/mol. The molecule has 0 aliphatic heterocycles. The van der Waals surface area contributed by atoms with Crippen LogP contribution in [0.2, 0.25) is 0 Å². The largest absolute Gasteiger partial charge is 0.493 e. The van der Waals surface area contributed by atoms with Crippen LogP contribution < -0.4 is 14.2 Å². The molecule has 2 rings (SSSR count). The second-order valence-electron chi connectivity index (χ2n) is 5.61. The van der Waals surface area contributed by atoms with Crippen LogP contribution >= 0.6 is 0 Å². The predicted octanol–water partition coefficient (Wildman–Crippen LogP) is 3.60. The van der Waals surface area contributed by atoms with Crippen molar-refractivity contribution in [1.29, 1.82) is 0 Å². The van der Waals surface area contributed by atoms with E-state index in [2.05, 4.69) is 6.07 Å². The summed E-state index contributed by atoms with van der Waals surface area (Å²) in [5, 5.41) is 0. The molecule has 0 aromatic heterocycles. The fourth-order valence-electron chi connectivity index (χ4n) is 2.26. The van der Waals surface area contributed by atoms with Gasteiger partial charge in [0.1, 0.15) is 25.2 Å². The summed E-state index contributed by atoms with van der Waals surface area (Å²) in [6.07, 6.45) is 0.769. The molecular formula is C20H24O5. The van der Waals surface area contributed by atoms with Crippen LogP contribution in [0.15, 0.2) is 36.4 Å². The van der Waals surface area contributed by atoms with Crippen molar-refractivity contribution in [3.8, 4) is 17.2 Å². The summed E-state index contributed by atoms with van der Waals surface area (Å²) in [7, 11) is 1.54. The average Bonchev–Trinajstić information content (AvgIpc) is 2.63. The molecule has 0 N–H and O–H groups in total. The number of rotatable bonds is 10. The van der Waals surface area contributed by atoms with Crippen molar-refractivity contribution in [3.05, 3.63) is 53.1 Å². The summed E-state index contributed by atoms with van der Waals surface area (Å²) in [6, 6.07) is 11.2. The Morgan fingerprint density at radius 2 is 1.56 bits per heavy atom. The molecule has 5 heteroatoms. The van der Waals surface area contributed by atoms with E-state index in [0.29, 0.717) is 43.5 Å². The Balaban J connectivity index is 1.67. The first-order valence-electron chi connectivity index (χ1n) is 8.18. The smallest absolute Gasteiger partial charge is 0.161 e. The normalized spacial score (nSPS) is 10.4. The van der Waals surface area contributed by atoms with Crippen LogP contribution in [0.25, 0.3) is 0 Å². The van der Waals surface area contributed by atoms with E-state index in [1.54, 1.807) is 18.2 Å². The van der Waals surface area contributed by atoms with Crippen molar-refractivity contribution in [2.45, 2.75) is 13.8 Å². The summed E-state index contributed by atoms with van der Waals surface area (Å²) in [6.45, 7) is 5.86. The minimum atomic E-state index is 0.389. The fraction of sp³-hybridized carbons (Fsp3) is 0.350. The molecule has 0 saturated heterocycles. The Labute approximate surface area is 148 Å². The van der Waals surface area contributed by atoms with Gasteiger partial charge in [0.2, 0.25) is 0 Å². The number of carbonyl (C=O) groups is 1. The highest BCUT2D eigenvalue weighted by Gasteiger charge is 2.05. The van der Waals surface area contributed by atoms with E-state index < -0.39 is 0 Å². The van der Waals surface area contributed by atoms with Crippen molar-refractivity contribution in [1.82, 2.24) is 0 Å². The highest BCUT2D eigenvalue weighted by atomic mass is 16.6. The molecule has 5 nitrogen and oxygen atoms in total. The molecule has 0 amide bonds. The van der Waals surface area contributed by atoms with Crippen LogP contribution in [-0.4, -0.2) is 39.8 Å². The Bertz CT molecular complexity index is 696. The maximum atomic E-state index is 10.8. The lowest BCUT2D eigenvalue weighted by Gasteiger charge is -2.12. The first-order chi connectivity index (χ1) is 12.1. The Kier molecular flexibility index (Phi) is 7.29. The SMILES string of the molecule is COc1cc(C=O)ccc1OCCOCCOc1cc(C)ccc1C. The van der Waals surface area contributed by atoms with Gasteiger partial charge in [0.25, 0.3) is 0 Å². The van der Waals surface area contributed by atoms with Gasteiger partial charge in [-0.15, -0.1) is 0 Å². The van der Waals surface area contributed by atoms with E-state index in [4.69, 9.17) is 18.9 Å². The number of aldehydes is 1. The number of aryl methyl sites for hydroxylation is 2. The van der Waals surface area contributed by atoms with Crippen molar-refractivity contribution in [2.75, 3.05) is 33.5 Å². The summed E-state index contributed by atoms with van der Waals surface area (Å²) in [4.78, 5) is 10.8. The molecule has 2 aromatic carbocycles. The monoisotopic (exact) mass is 344 g/mol. The van der Waals surface area contributed by atoms with E-state index in [-0.39, 0.29) is 0 Å². The van der Waals surface area contributed by atoms with E-state index >= 15 is 0 Å². The Hall–Kier alpha value is -2.53. The first kappa shape index (κ1) is 18.8. The summed E-state index contributed by atoms with van der Waals surface area (Å²) in [5.41, 5.74) is 2.83. The summed E-state index contributed by atoms with van der Waals surface area (Å²) < 4.78 is 22.1. The second-order valence-corrected chi connectivity index (χ2v) is 5.61. The van der Waals surface area contributed by atoms with E-state index in [1.165, 1.54) is 12.7 Å². The minimum Gasteiger partial charge on any atom is -0.493 e. The van der Waals surface area contributed by atoms with Crippen LogP contribution in [0.5, 0.6) is 17.2 Å². The van der Waals surface area contributed by atoms with Gasteiger partial charge in [-0.25, -0.2) is 0 Å². The van der Waals surface area contributed by atoms with Crippen molar-refractivity contribution in [2.24, 2.45) is 0 Å². The maximum absolute atomic E-state index is 10.8. The lowest BCUT2D eigenvalue weighted by Crippen LogP contribution is -2.12. The maximum Gasteiger partial charge on any atom is 0.161 e. The van der Waals surface area contributed by atoms with Gasteiger partial charge >= 0.3 is 0 Å². The predicted molar refractivity (Wildman–Crippen MR) is 96.1 cm³/mol. The third-order valence-electron chi connectivity index (χ3n) is 3.64. The molecule has 134 valence electrons. The molecule has 0 aliphatic carbocycles. The van der Waals surface area contributed by atoms with Crippen LogP contribution in [0.1, 0.15) is 21.5 Å². The zero-order valence-corrected chi connectivity index (χ0v) is 14.9. The molecule has 25 heavy (non-hydrogen) atoms. The number of ether oxygens (including phenoxy) is 4. The fourth-order valence-corrected chi connectivity index (χ4v) is 2.26. The third-order valence-corrected chi connectivity index (χ3v) is 3.64. The molecule has 0 radical (unpaired) electrons. The number of benzene rings is 2. The van der Waals surface area contributed by atoms with Gasteiger partial charge in [-0.2, -0.15) is 0 Å². The minimum absolute atomic E-state index is 0.389. The Morgan fingerprint density at radius 1 is 0.840 bits per heavy atom. The standard InChI is InChI=1S/C20H24O5/c1-15-4-5-16(2)19(12-15)25-11-9-23-8-10-24-18-7-6-17(14-21)13-20(18)22-3/h4-7,12-14H,8-11H2,1-3H3. The van der Waals surface area contributed by atoms with E-state index in [1.807, 2.05) is 26.0 Å². The van der Waals surface area contributed by atoms with Crippen LogP contribution in [0.4, 0.5) is 0 Å². The lowest BCUT2D eigenvalue weighted by molar-refractivity contribution is 0.0755.